The quantitative estimate of drug-likeness (QED) is 0.0818. The molecule has 13 heteroatoms. The van der Waals surface area contributed by atoms with Crippen molar-refractivity contribution in [3.05, 3.63) is 12.2 Å². The van der Waals surface area contributed by atoms with Gasteiger partial charge in [-0.2, -0.15) is 0 Å². The summed E-state index contributed by atoms with van der Waals surface area (Å²) in [5.41, 5.74) is -0.145. The van der Waals surface area contributed by atoms with Crippen LogP contribution in [-0.4, -0.2) is 137 Å². The van der Waals surface area contributed by atoms with Gasteiger partial charge in [-0.25, -0.2) is 9.59 Å². The van der Waals surface area contributed by atoms with E-state index in [2.05, 4.69) is 11.9 Å². The van der Waals surface area contributed by atoms with Crippen molar-refractivity contribution in [3.8, 4) is 0 Å². The zero-order valence-corrected chi connectivity index (χ0v) is 24.8. The molecular formula is C27H51NO12. The van der Waals surface area contributed by atoms with Gasteiger partial charge in [0.25, 0.3) is 0 Å². The van der Waals surface area contributed by atoms with Crippen molar-refractivity contribution in [3.63, 3.8) is 0 Å². The second-order valence-corrected chi connectivity index (χ2v) is 9.24. The SMILES string of the molecule is C=C(C)C(=O)OCCOCCOCCOCCOCCOCCOCCOCCOCCNC(=O)OC(C)(C)C. The maximum Gasteiger partial charge on any atom is 0.407 e. The van der Waals surface area contributed by atoms with E-state index in [0.717, 1.165) is 0 Å². The molecule has 0 aliphatic rings. The second kappa shape index (κ2) is 27.3. The molecule has 0 rings (SSSR count). The zero-order chi connectivity index (χ0) is 29.7. The van der Waals surface area contributed by atoms with E-state index < -0.39 is 17.7 Å². The number of hydrogen-bond acceptors (Lipinski definition) is 12. The zero-order valence-electron chi connectivity index (χ0n) is 24.8. The molecular weight excluding hydrogens is 530 g/mol. The molecule has 0 fully saturated rings. The Labute approximate surface area is 239 Å². The minimum atomic E-state index is -0.512. The summed E-state index contributed by atoms with van der Waals surface area (Å²) in [6, 6.07) is 0. The predicted octanol–water partition coefficient (Wildman–Crippen LogP) is 1.76. The van der Waals surface area contributed by atoms with Crippen LogP contribution in [-0.2, 0) is 52.2 Å². The molecule has 236 valence electrons. The molecule has 0 aliphatic heterocycles. The van der Waals surface area contributed by atoms with E-state index in [9.17, 15) is 9.59 Å². The summed E-state index contributed by atoms with van der Waals surface area (Å²) in [6.07, 6.45) is -0.456. The topological polar surface area (TPSA) is 138 Å². The smallest absolute Gasteiger partial charge is 0.407 e. The predicted molar refractivity (Wildman–Crippen MR) is 147 cm³/mol. The number of ether oxygens (including phenoxy) is 10. The summed E-state index contributed by atoms with van der Waals surface area (Å²) < 4.78 is 53.2. The Morgan fingerprint density at radius 1 is 0.550 bits per heavy atom. The van der Waals surface area contributed by atoms with E-state index in [1.165, 1.54) is 0 Å². The number of amides is 1. The molecule has 1 amide bonds. The lowest BCUT2D eigenvalue weighted by molar-refractivity contribution is -0.140. The van der Waals surface area contributed by atoms with Crippen LogP contribution in [0.15, 0.2) is 12.2 Å². The summed E-state index contributed by atoms with van der Waals surface area (Å²) in [4.78, 5) is 22.6. The van der Waals surface area contributed by atoms with Gasteiger partial charge in [-0.05, 0) is 27.7 Å². The Hall–Kier alpha value is -1.84. The molecule has 0 atom stereocenters. The lowest BCUT2D eigenvalue weighted by Gasteiger charge is -2.19. The lowest BCUT2D eigenvalue weighted by Crippen LogP contribution is -2.34. The van der Waals surface area contributed by atoms with Crippen LogP contribution in [0.1, 0.15) is 27.7 Å². The monoisotopic (exact) mass is 581 g/mol. The normalized spacial score (nSPS) is 11.4. The van der Waals surface area contributed by atoms with Crippen molar-refractivity contribution >= 4 is 12.1 Å². The fourth-order valence-corrected chi connectivity index (χ4v) is 2.50. The van der Waals surface area contributed by atoms with E-state index in [0.29, 0.717) is 118 Å². The largest absolute Gasteiger partial charge is 0.460 e. The van der Waals surface area contributed by atoms with E-state index in [-0.39, 0.29) is 6.61 Å². The minimum absolute atomic E-state index is 0.196. The summed E-state index contributed by atoms with van der Waals surface area (Å²) >= 11 is 0. The highest BCUT2D eigenvalue weighted by atomic mass is 16.6. The van der Waals surface area contributed by atoms with Crippen LogP contribution in [0.4, 0.5) is 4.79 Å². The van der Waals surface area contributed by atoms with Crippen molar-refractivity contribution in [2.24, 2.45) is 0 Å². The lowest BCUT2D eigenvalue weighted by atomic mass is 10.2. The van der Waals surface area contributed by atoms with Gasteiger partial charge in [0.05, 0.1) is 106 Å². The number of rotatable bonds is 28. The van der Waals surface area contributed by atoms with E-state index >= 15 is 0 Å². The molecule has 0 saturated heterocycles. The molecule has 0 heterocycles. The number of alkyl carbamates (subject to hydrolysis) is 1. The summed E-state index contributed by atoms with van der Waals surface area (Å²) in [6.45, 7) is 18.3. The highest BCUT2D eigenvalue weighted by Crippen LogP contribution is 2.06. The van der Waals surface area contributed by atoms with Crippen LogP contribution >= 0.6 is 0 Å². The van der Waals surface area contributed by atoms with Gasteiger partial charge in [-0.15, -0.1) is 0 Å². The minimum Gasteiger partial charge on any atom is -0.460 e. The van der Waals surface area contributed by atoms with Gasteiger partial charge in [0, 0.05) is 12.1 Å². The van der Waals surface area contributed by atoms with Crippen LogP contribution in [0.5, 0.6) is 0 Å². The maximum atomic E-state index is 11.5. The van der Waals surface area contributed by atoms with Crippen LogP contribution in [0.25, 0.3) is 0 Å². The fraction of sp³-hybridized carbons (Fsp3) is 0.852. The van der Waals surface area contributed by atoms with Crippen molar-refractivity contribution in [1.82, 2.24) is 5.32 Å². The molecule has 0 aromatic rings. The van der Waals surface area contributed by atoms with Gasteiger partial charge < -0.3 is 52.7 Å². The van der Waals surface area contributed by atoms with Gasteiger partial charge in [0.1, 0.15) is 12.2 Å². The van der Waals surface area contributed by atoms with Crippen LogP contribution in [0.2, 0.25) is 0 Å². The average molecular weight is 582 g/mol. The van der Waals surface area contributed by atoms with Gasteiger partial charge in [-0.3, -0.25) is 0 Å². The second-order valence-electron chi connectivity index (χ2n) is 9.24. The first-order valence-electron chi connectivity index (χ1n) is 13.6. The van der Waals surface area contributed by atoms with Gasteiger partial charge in [0.2, 0.25) is 0 Å². The maximum absolute atomic E-state index is 11.5. The number of nitrogens with one attached hydrogen (secondary N) is 1. The Morgan fingerprint density at radius 2 is 0.850 bits per heavy atom. The third kappa shape index (κ3) is 30.7. The third-order valence-corrected chi connectivity index (χ3v) is 4.33. The molecule has 0 aliphatic carbocycles. The summed E-state index contributed by atoms with van der Waals surface area (Å²) in [5.74, 6) is -0.416. The molecule has 0 bridgehead atoms. The molecule has 0 radical (unpaired) electrons. The van der Waals surface area contributed by atoms with Crippen molar-refractivity contribution < 1.29 is 57.0 Å². The Morgan fingerprint density at radius 3 is 1.15 bits per heavy atom. The molecule has 0 unspecified atom stereocenters. The van der Waals surface area contributed by atoms with Crippen LogP contribution in [0.3, 0.4) is 0 Å². The van der Waals surface area contributed by atoms with E-state index in [4.69, 9.17) is 47.4 Å². The van der Waals surface area contributed by atoms with Gasteiger partial charge in [0.15, 0.2) is 0 Å². The Balaban J connectivity index is 3.13. The first-order chi connectivity index (χ1) is 19.2. The molecule has 0 saturated carbocycles. The molecule has 40 heavy (non-hydrogen) atoms. The number of hydrogen-bond donors (Lipinski definition) is 1. The van der Waals surface area contributed by atoms with Gasteiger partial charge in [-0.1, -0.05) is 6.58 Å². The van der Waals surface area contributed by atoms with Crippen molar-refractivity contribution in [2.45, 2.75) is 33.3 Å². The summed E-state index contributed by atoms with van der Waals surface area (Å²) in [5, 5.41) is 2.62. The van der Waals surface area contributed by atoms with Crippen molar-refractivity contribution in [1.29, 1.82) is 0 Å². The Bertz CT molecular complexity index is 627. The standard InChI is InChI=1S/C27H51NO12/c1-24(2)25(29)39-23-22-38-21-20-37-19-18-36-17-16-35-15-14-34-13-12-33-11-10-32-9-8-31-7-6-28-26(30)40-27(3,4)5/h1,6-23H2,2-5H3,(H,28,30). The number of carbonyl (C=O) groups is 2. The average Bonchev–Trinajstić information content (AvgIpc) is 2.89. The molecule has 0 aromatic carbocycles. The Kier molecular flexibility index (Phi) is 26.1. The number of esters is 1. The van der Waals surface area contributed by atoms with E-state index in [1.807, 2.05) is 20.8 Å². The van der Waals surface area contributed by atoms with Gasteiger partial charge >= 0.3 is 12.1 Å². The number of carbonyl (C=O) groups excluding carboxylic acids is 2. The van der Waals surface area contributed by atoms with Crippen molar-refractivity contribution in [2.75, 3.05) is 119 Å². The molecule has 0 spiro atoms. The van der Waals surface area contributed by atoms with Crippen LogP contribution < -0.4 is 5.32 Å². The third-order valence-electron chi connectivity index (χ3n) is 4.33. The first-order valence-corrected chi connectivity index (χ1v) is 13.6. The fourth-order valence-electron chi connectivity index (χ4n) is 2.50. The molecule has 0 aromatic heterocycles. The van der Waals surface area contributed by atoms with E-state index in [1.54, 1.807) is 6.92 Å². The highest BCUT2D eigenvalue weighted by Gasteiger charge is 2.15. The first kappa shape index (κ1) is 38.2. The van der Waals surface area contributed by atoms with Crippen LogP contribution in [0, 0.1) is 0 Å². The molecule has 1 N–H and O–H groups in total. The molecule has 13 nitrogen and oxygen atoms in total. The summed E-state index contributed by atoms with van der Waals surface area (Å²) in [7, 11) is 0. The highest BCUT2D eigenvalue weighted by molar-refractivity contribution is 5.86.